The largest absolute Gasteiger partial charge is 0.497 e. The van der Waals surface area contributed by atoms with Crippen molar-refractivity contribution >= 4 is 15.8 Å². The van der Waals surface area contributed by atoms with Gasteiger partial charge in [-0.05, 0) is 24.3 Å². The Balaban J connectivity index is 2.35. The van der Waals surface area contributed by atoms with Gasteiger partial charge in [-0.2, -0.15) is 0 Å². The second-order valence-corrected chi connectivity index (χ2v) is 6.01. The minimum absolute atomic E-state index is 0.0642. The summed E-state index contributed by atoms with van der Waals surface area (Å²) in [6.45, 7) is 0. The third-order valence-electron chi connectivity index (χ3n) is 2.69. The maximum atomic E-state index is 12.3. The number of hydrogen-bond donors (Lipinski definition) is 1. The highest BCUT2D eigenvalue weighted by Crippen LogP contribution is 2.23. The van der Waals surface area contributed by atoms with Crippen LogP contribution in [-0.2, 0) is 15.6 Å². The Morgan fingerprint density at radius 1 is 1.35 bits per heavy atom. The van der Waals surface area contributed by atoms with Gasteiger partial charge in [0.25, 0.3) is 0 Å². The quantitative estimate of drug-likeness (QED) is 0.906. The van der Waals surface area contributed by atoms with E-state index in [4.69, 9.17) is 14.3 Å². The van der Waals surface area contributed by atoms with E-state index in [1.165, 1.54) is 25.3 Å². The molecule has 0 fully saturated rings. The van der Waals surface area contributed by atoms with Gasteiger partial charge in [0.1, 0.15) is 5.75 Å². The molecule has 0 atom stereocenters. The number of aromatic carboxylic acids is 1. The molecule has 0 aliphatic carbocycles. The first kappa shape index (κ1) is 14.1. The molecule has 0 aliphatic rings. The average molecular weight is 296 g/mol. The van der Waals surface area contributed by atoms with Gasteiger partial charge in [-0.3, -0.25) is 0 Å². The summed E-state index contributed by atoms with van der Waals surface area (Å²) in [6, 6.07) is 7.33. The maximum Gasteiger partial charge on any atom is 0.372 e. The van der Waals surface area contributed by atoms with Crippen molar-refractivity contribution in [2.24, 2.45) is 0 Å². The molecule has 0 aliphatic heterocycles. The number of sulfone groups is 1. The van der Waals surface area contributed by atoms with Crippen molar-refractivity contribution in [3.63, 3.8) is 0 Å². The van der Waals surface area contributed by atoms with Crippen molar-refractivity contribution in [2.75, 3.05) is 7.11 Å². The lowest BCUT2D eigenvalue weighted by molar-refractivity contribution is 0.0661. The summed E-state index contributed by atoms with van der Waals surface area (Å²) in [7, 11) is -2.24. The predicted molar refractivity (Wildman–Crippen MR) is 69.6 cm³/mol. The lowest BCUT2D eigenvalue weighted by Gasteiger charge is -2.06. The zero-order valence-electron chi connectivity index (χ0n) is 10.6. The van der Waals surface area contributed by atoms with E-state index in [1.807, 2.05) is 0 Å². The second kappa shape index (κ2) is 5.38. The third-order valence-corrected chi connectivity index (χ3v) is 4.35. The molecule has 0 bridgehead atoms. The van der Waals surface area contributed by atoms with Crippen molar-refractivity contribution in [1.29, 1.82) is 0 Å². The molecular formula is C13H12O6S. The van der Waals surface area contributed by atoms with Crippen LogP contribution in [-0.4, -0.2) is 26.6 Å². The average Bonchev–Trinajstić information content (AvgIpc) is 2.86. The Hall–Kier alpha value is -2.28. The number of ether oxygens (including phenoxy) is 1. The molecule has 1 N–H and O–H groups in total. The molecule has 1 aromatic carbocycles. The minimum Gasteiger partial charge on any atom is -0.497 e. The lowest BCUT2D eigenvalue weighted by Crippen LogP contribution is -2.08. The summed E-state index contributed by atoms with van der Waals surface area (Å²) in [5, 5.41) is 8.90. The molecular weight excluding hydrogens is 284 g/mol. The Bertz CT molecular complexity index is 729. The fourth-order valence-corrected chi connectivity index (χ4v) is 3.10. The van der Waals surface area contributed by atoms with Crippen molar-refractivity contribution < 1.29 is 27.5 Å². The van der Waals surface area contributed by atoms with E-state index in [1.54, 1.807) is 12.1 Å². The SMILES string of the molecule is COc1cccc(S(=O)(=O)Cc2ccoc2C(=O)O)c1. The van der Waals surface area contributed by atoms with Crippen LogP contribution in [0.4, 0.5) is 0 Å². The summed E-state index contributed by atoms with van der Waals surface area (Å²) >= 11 is 0. The maximum absolute atomic E-state index is 12.3. The van der Waals surface area contributed by atoms with E-state index in [-0.39, 0.29) is 16.2 Å². The van der Waals surface area contributed by atoms with E-state index in [2.05, 4.69) is 0 Å². The zero-order valence-corrected chi connectivity index (χ0v) is 11.4. The van der Waals surface area contributed by atoms with Gasteiger partial charge < -0.3 is 14.3 Å². The van der Waals surface area contributed by atoms with E-state index in [0.29, 0.717) is 5.75 Å². The number of methoxy groups -OCH3 is 1. The Kier molecular flexibility index (Phi) is 3.80. The second-order valence-electron chi connectivity index (χ2n) is 4.02. The molecule has 2 aromatic rings. The van der Waals surface area contributed by atoms with Crippen molar-refractivity contribution in [3.8, 4) is 5.75 Å². The highest BCUT2D eigenvalue weighted by Gasteiger charge is 2.22. The van der Waals surface area contributed by atoms with E-state index >= 15 is 0 Å². The summed E-state index contributed by atoms with van der Waals surface area (Å²) in [4.78, 5) is 11.0. The molecule has 0 unspecified atom stereocenters. The molecule has 1 aromatic heterocycles. The molecule has 106 valence electrons. The number of benzene rings is 1. The van der Waals surface area contributed by atoms with Gasteiger partial charge in [0.2, 0.25) is 5.76 Å². The molecule has 0 saturated carbocycles. The van der Waals surface area contributed by atoms with Crippen molar-refractivity contribution in [1.82, 2.24) is 0 Å². The van der Waals surface area contributed by atoms with Crippen LogP contribution in [0.5, 0.6) is 5.75 Å². The number of carboxylic acids is 1. The number of hydrogen-bond acceptors (Lipinski definition) is 5. The fraction of sp³-hybridized carbons (Fsp3) is 0.154. The predicted octanol–water partition coefficient (Wildman–Crippen LogP) is 1.96. The molecule has 20 heavy (non-hydrogen) atoms. The molecule has 6 nitrogen and oxygen atoms in total. The van der Waals surface area contributed by atoms with Crippen LogP contribution < -0.4 is 4.74 Å². The molecule has 0 amide bonds. The standard InChI is InChI=1S/C13H12O6S/c1-18-10-3-2-4-11(7-10)20(16,17)8-9-5-6-19-12(9)13(14)15/h2-7H,8H2,1H3,(H,14,15). The third kappa shape index (κ3) is 2.83. The first-order valence-electron chi connectivity index (χ1n) is 5.60. The summed E-state index contributed by atoms with van der Waals surface area (Å²) in [6.07, 6.45) is 1.15. The van der Waals surface area contributed by atoms with Gasteiger partial charge in [-0.15, -0.1) is 0 Å². The highest BCUT2D eigenvalue weighted by atomic mass is 32.2. The van der Waals surface area contributed by atoms with Crippen molar-refractivity contribution in [2.45, 2.75) is 10.6 Å². The number of rotatable bonds is 5. The van der Waals surface area contributed by atoms with Gasteiger partial charge in [-0.25, -0.2) is 13.2 Å². The Morgan fingerprint density at radius 3 is 2.75 bits per heavy atom. The van der Waals surface area contributed by atoms with Gasteiger partial charge in [0.15, 0.2) is 9.84 Å². The molecule has 0 saturated heterocycles. The molecule has 0 spiro atoms. The Morgan fingerprint density at radius 2 is 2.10 bits per heavy atom. The molecule has 1 heterocycles. The van der Waals surface area contributed by atoms with E-state index in [9.17, 15) is 13.2 Å². The van der Waals surface area contributed by atoms with Crippen LogP contribution in [0.25, 0.3) is 0 Å². The molecule has 7 heteroatoms. The fourth-order valence-electron chi connectivity index (χ4n) is 1.72. The van der Waals surface area contributed by atoms with Gasteiger partial charge in [0.05, 0.1) is 24.0 Å². The molecule has 2 rings (SSSR count). The van der Waals surface area contributed by atoms with Crippen LogP contribution in [0, 0.1) is 0 Å². The summed E-state index contributed by atoms with van der Waals surface area (Å²) in [5.41, 5.74) is 0.111. The topological polar surface area (TPSA) is 93.8 Å². The first-order chi connectivity index (χ1) is 9.44. The van der Waals surface area contributed by atoms with Crippen LogP contribution in [0.2, 0.25) is 0 Å². The van der Waals surface area contributed by atoms with Crippen LogP contribution >= 0.6 is 0 Å². The number of carbonyl (C=O) groups is 1. The highest BCUT2D eigenvalue weighted by molar-refractivity contribution is 7.90. The minimum atomic E-state index is -3.68. The van der Waals surface area contributed by atoms with Gasteiger partial charge >= 0.3 is 5.97 Å². The van der Waals surface area contributed by atoms with Crippen LogP contribution in [0.1, 0.15) is 16.1 Å². The molecule has 0 radical (unpaired) electrons. The lowest BCUT2D eigenvalue weighted by atomic mass is 10.3. The Labute approximate surface area is 115 Å². The van der Waals surface area contributed by atoms with Gasteiger partial charge in [0, 0.05) is 5.56 Å². The first-order valence-corrected chi connectivity index (χ1v) is 7.26. The monoisotopic (exact) mass is 296 g/mol. The summed E-state index contributed by atoms with van der Waals surface area (Å²) in [5.74, 6) is -1.70. The smallest absolute Gasteiger partial charge is 0.372 e. The normalized spacial score (nSPS) is 11.2. The van der Waals surface area contributed by atoms with Crippen molar-refractivity contribution in [3.05, 3.63) is 47.9 Å². The van der Waals surface area contributed by atoms with Crippen LogP contribution in [0.15, 0.2) is 45.9 Å². The number of carboxylic acid groups (broad SMARTS) is 1. The number of furan rings is 1. The van der Waals surface area contributed by atoms with E-state index < -0.39 is 21.6 Å². The van der Waals surface area contributed by atoms with Gasteiger partial charge in [-0.1, -0.05) is 6.07 Å². The van der Waals surface area contributed by atoms with Crippen LogP contribution in [0.3, 0.4) is 0 Å². The zero-order chi connectivity index (χ0) is 14.8. The summed E-state index contributed by atoms with van der Waals surface area (Å²) < 4.78 is 34.2. The van der Waals surface area contributed by atoms with E-state index in [0.717, 1.165) is 6.26 Å².